The van der Waals surface area contributed by atoms with Gasteiger partial charge in [-0.25, -0.2) is 4.68 Å². The Bertz CT molecular complexity index is 873. The lowest BCUT2D eigenvalue weighted by molar-refractivity contribution is -0.143. The molecule has 1 atom stereocenters. The number of amides is 1. The number of aryl methyl sites for hydroxylation is 1. The van der Waals surface area contributed by atoms with Gasteiger partial charge in [0.2, 0.25) is 0 Å². The van der Waals surface area contributed by atoms with Crippen LogP contribution >= 0.6 is 0 Å². The summed E-state index contributed by atoms with van der Waals surface area (Å²) in [6.45, 7) is 3.54. The number of nitrogens with zero attached hydrogens (tertiary/aromatic N) is 3. The van der Waals surface area contributed by atoms with E-state index in [0.717, 1.165) is 22.9 Å². The van der Waals surface area contributed by atoms with Gasteiger partial charge in [-0.15, -0.1) is 0 Å². The molecule has 3 heterocycles. The van der Waals surface area contributed by atoms with Crippen molar-refractivity contribution in [2.45, 2.75) is 32.2 Å². The maximum absolute atomic E-state index is 13.9. The van der Waals surface area contributed by atoms with Gasteiger partial charge in [-0.1, -0.05) is 17.7 Å². The van der Waals surface area contributed by atoms with Crippen molar-refractivity contribution in [1.29, 1.82) is 0 Å². The number of piperidine rings is 1. The molecule has 0 radical (unpaired) electrons. The number of carbonyl (C=O) groups is 1. The zero-order chi connectivity index (χ0) is 20.6. The van der Waals surface area contributed by atoms with E-state index in [1.807, 2.05) is 6.92 Å². The molecule has 2 aliphatic rings. The number of hydrogen-bond donors (Lipinski definition) is 0. The molecule has 1 unspecified atom stereocenters. The Kier molecular flexibility index (Phi) is 5.35. The molecule has 1 amide bonds. The predicted octanol–water partition coefficient (Wildman–Crippen LogP) is 3.42. The fraction of sp³-hybridized carbons (Fsp3) is 0.500. The molecule has 2 aliphatic heterocycles. The van der Waals surface area contributed by atoms with Crippen LogP contribution in [0.15, 0.2) is 30.5 Å². The summed E-state index contributed by atoms with van der Waals surface area (Å²) in [5, 5.41) is 3.89. The number of likely N-dealkylation sites (tertiary alicyclic amines) is 1. The summed E-state index contributed by atoms with van der Waals surface area (Å²) in [6.07, 6.45) is -2.62. The highest BCUT2D eigenvalue weighted by molar-refractivity contribution is 5.95. The van der Waals surface area contributed by atoms with Gasteiger partial charge in [-0.2, -0.15) is 18.3 Å². The summed E-state index contributed by atoms with van der Waals surface area (Å²) < 4.78 is 53.5. The van der Waals surface area contributed by atoms with Gasteiger partial charge in [0.15, 0.2) is 12.0 Å². The highest BCUT2D eigenvalue weighted by atomic mass is 19.4. The molecule has 4 rings (SSSR count). The number of ether oxygens (including phenoxy) is 2. The first-order valence-electron chi connectivity index (χ1n) is 9.59. The van der Waals surface area contributed by atoms with Crippen LogP contribution in [-0.2, 0) is 15.7 Å². The molecule has 0 spiro atoms. The molecular formula is C20H22F3N3O3. The first-order chi connectivity index (χ1) is 13.8. The van der Waals surface area contributed by atoms with E-state index in [-0.39, 0.29) is 11.6 Å². The Morgan fingerprint density at radius 3 is 2.52 bits per heavy atom. The third-order valence-corrected chi connectivity index (χ3v) is 5.32. The highest BCUT2D eigenvalue weighted by Gasteiger charge is 2.42. The van der Waals surface area contributed by atoms with Gasteiger partial charge >= 0.3 is 6.18 Å². The number of rotatable bonds is 3. The molecule has 6 nitrogen and oxygen atoms in total. The molecule has 2 saturated heterocycles. The summed E-state index contributed by atoms with van der Waals surface area (Å²) in [5.74, 6) is -0.713. The molecule has 1 aromatic carbocycles. The summed E-state index contributed by atoms with van der Waals surface area (Å²) in [4.78, 5) is 14.5. The van der Waals surface area contributed by atoms with E-state index >= 15 is 0 Å². The number of alkyl halides is 3. The van der Waals surface area contributed by atoms with Crippen molar-refractivity contribution in [3.8, 4) is 5.69 Å². The van der Waals surface area contributed by atoms with Gasteiger partial charge in [0, 0.05) is 19.0 Å². The average molecular weight is 409 g/mol. The van der Waals surface area contributed by atoms with Crippen molar-refractivity contribution in [3.63, 3.8) is 0 Å². The number of aromatic nitrogens is 2. The maximum atomic E-state index is 13.9. The largest absolute Gasteiger partial charge is 0.434 e. The standard InChI is InChI=1S/C20H22F3N3O3/c1-13-4-6-15(7-5-13)26-17(20(21,22)23)16(11-24-26)18(27)25-8-2-3-14(12-25)19-28-9-10-29-19/h4-7,11,14,19H,2-3,8-10,12H2,1H3. The van der Waals surface area contributed by atoms with Gasteiger partial charge < -0.3 is 14.4 Å². The van der Waals surface area contributed by atoms with Crippen LogP contribution in [0.3, 0.4) is 0 Å². The predicted molar refractivity (Wildman–Crippen MR) is 97.6 cm³/mol. The van der Waals surface area contributed by atoms with Crippen LogP contribution in [0.4, 0.5) is 13.2 Å². The third kappa shape index (κ3) is 4.02. The Morgan fingerprint density at radius 2 is 1.86 bits per heavy atom. The van der Waals surface area contributed by atoms with Gasteiger partial charge in [0.25, 0.3) is 5.91 Å². The first kappa shape index (κ1) is 19.9. The monoisotopic (exact) mass is 409 g/mol. The Hall–Kier alpha value is -2.39. The van der Waals surface area contributed by atoms with E-state index in [9.17, 15) is 18.0 Å². The topological polar surface area (TPSA) is 56.6 Å². The second kappa shape index (κ2) is 7.79. The van der Waals surface area contributed by atoms with E-state index in [2.05, 4.69) is 5.10 Å². The Morgan fingerprint density at radius 1 is 1.17 bits per heavy atom. The van der Waals surface area contributed by atoms with Crippen LogP contribution in [-0.4, -0.2) is 53.2 Å². The number of carbonyl (C=O) groups excluding carboxylic acids is 1. The number of benzene rings is 1. The number of hydrogen-bond acceptors (Lipinski definition) is 4. The molecular weight excluding hydrogens is 387 g/mol. The molecule has 156 valence electrons. The van der Waals surface area contributed by atoms with Crippen LogP contribution in [0.1, 0.15) is 34.5 Å². The molecule has 0 saturated carbocycles. The summed E-state index contributed by atoms with van der Waals surface area (Å²) in [5.41, 5.74) is -0.318. The van der Waals surface area contributed by atoms with Crippen molar-refractivity contribution in [1.82, 2.24) is 14.7 Å². The lowest BCUT2D eigenvalue weighted by Gasteiger charge is -2.34. The van der Waals surface area contributed by atoms with E-state index in [0.29, 0.717) is 32.7 Å². The van der Waals surface area contributed by atoms with Crippen molar-refractivity contribution >= 4 is 5.91 Å². The minimum atomic E-state index is -4.72. The van der Waals surface area contributed by atoms with Crippen molar-refractivity contribution < 1.29 is 27.4 Å². The fourth-order valence-electron chi connectivity index (χ4n) is 3.90. The van der Waals surface area contributed by atoms with Crippen molar-refractivity contribution in [2.24, 2.45) is 5.92 Å². The second-order valence-electron chi connectivity index (χ2n) is 7.42. The molecule has 9 heteroatoms. The van der Waals surface area contributed by atoms with E-state index in [1.165, 1.54) is 4.90 Å². The van der Waals surface area contributed by atoms with Crippen molar-refractivity contribution in [3.05, 3.63) is 47.3 Å². The SMILES string of the molecule is Cc1ccc(-n2ncc(C(=O)N3CCCC(C4OCCO4)C3)c2C(F)(F)F)cc1. The average Bonchev–Trinajstić information content (AvgIpc) is 3.38. The number of halogens is 3. The van der Waals surface area contributed by atoms with Crippen LogP contribution in [0.25, 0.3) is 5.69 Å². The van der Waals surface area contributed by atoms with E-state index < -0.39 is 29.6 Å². The maximum Gasteiger partial charge on any atom is 0.434 e. The Labute approximate surface area is 166 Å². The molecule has 2 aromatic rings. The van der Waals surface area contributed by atoms with Gasteiger partial charge in [0.1, 0.15) is 0 Å². The lowest BCUT2D eigenvalue weighted by atomic mass is 9.96. The quantitative estimate of drug-likeness (QED) is 0.780. The normalized spacial score (nSPS) is 21.0. The fourth-order valence-corrected chi connectivity index (χ4v) is 3.90. The molecule has 29 heavy (non-hydrogen) atoms. The van der Waals surface area contributed by atoms with Gasteiger partial charge in [-0.05, 0) is 31.9 Å². The Balaban J connectivity index is 1.63. The summed E-state index contributed by atoms with van der Waals surface area (Å²) in [6, 6.07) is 6.51. The van der Waals surface area contributed by atoms with Crippen LogP contribution in [0.5, 0.6) is 0 Å². The first-order valence-corrected chi connectivity index (χ1v) is 9.59. The molecule has 2 fully saturated rings. The lowest BCUT2D eigenvalue weighted by Crippen LogP contribution is -2.44. The zero-order valence-electron chi connectivity index (χ0n) is 16.0. The van der Waals surface area contributed by atoms with Crippen LogP contribution in [0, 0.1) is 12.8 Å². The second-order valence-corrected chi connectivity index (χ2v) is 7.42. The van der Waals surface area contributed by atoms with Crippen molar-refractivity contribution in [2.75, 3.05) is 26.3 Å². The molecule has 0 aliphatic carbocycles. The van der Waals surface area contributed by atoms with E-state index in [4.69, 9.17) is 9.47 Å². The van der Waals surface area contributed by atoms with Gasteiger partial charge in [-0.3, -0.25) is 4.79 Å². The van der Waals surface area contributed by atoms with Gasteiger partial charge in [0.05, 0.1) is 30.7 Å². The smallest absolute Gasteiger partial charge is 0.350 e. The zero-order valence-corrected chi connectivity index (χ0v) is 16.0. The molecule has 0 N–H and O–H groups in total. The van der Waals surface area contributed by atoms with Crippen LogP contribution in [0.2, 0.25) is 0 Å². The minimum absolute atomic E-state index is 0.0447. The summed E-state index contributed by atoms with van der Waals surface area (Å²) in [7, 11) is 0. The van der Waals surface area contributed by atoms with E-state index in [1.54, 1.807) is 24.3 Å². The van der Waals surface area contributed by atoms with Crippen LogP contribution < -0.4 is 0 Å². The third-order valence-electron chi connectivity index (χ3n) is 5.32. The molecule has 1 aromatic heterocycles. The molecule has 0 bridgehead atoms. The summed E-state index contributed by atoms with van der Waals surface area (Å²) >= 11 is 0. The highest BCUT2D eigenvalue weighted by Crippen LogP contribution is 2.35. The minimum Gasteiger partial charge on any atom is -0.350 e.